The van der Waals surface area contributed by atoms with E-state index < -0.39 is 5.91 Å². The molecule has 0 unspecified atom stereocenters. The first-order chi connectivity index (χ1) is 13.6. The number of carbonyl (C=O) groups is 1. The van der Waals surface area contributed by atoms with Gasteiger partial charge in [-0.1, -0.05) is 41.7 Å². The summed E-state index contributed by atoms with van der Waals surface area (Å²) >= 11 is 1.40. The summed E-state index contributed by atoms with van der Waals surface area (Å²) < 4.78 is 0. The average molecular weight is 394 g/mol. The van der Waals surface area contributed by atoms with Gasteiger partial charge >= 0.3 is 0 Å². The molecule has 3 N–H and O–H groups in total. The standard InChI is InChI=1S/C18H18N8OS/c1-11-14(8-20-12(2)23-11)21-9-15(24-19)17(27)22-10-16-25-26-18(28-16)13-6-4-3-5-7-13/h3-9H,10,19H2,1-2H3,(H,22,27)/b21-9?,24-15+. The van der Waals surface area contributed by atoms with Crippen molar-refractivity contribution in [3.63, 3.8) is 0 Å². The molecule has 10 heteroatoms. The molecule has 0 aliphatic carbocycles. The maximum atomic E-state index is 12.3. The van der Waals surface area contributed by atoms with Crippen molar-refractivity contribution in [2.45, 2.75) is 20.4 Å². The fraction of sp³-hybridized carbons (Fsp3) is 0.167. The van der Waals surface area contributed by atoms with Crippen molar-refractivity contribution in [3.8, 4) is 10.6 Å². The van der Waals surface area contributed by atoms with E-state index in [-0.39, 0.29) is 12.3 Å². The van der Waals surface area contributed by atoms with Gasteiger partial charge in [0.2, 0.25) is 0 Å². The molecular weight excluding hydrogens is 376 g/mol. The molecule has 3 aromatic rings. The van der Waals surface area contributed by atoms with Crippen LogP contribution >= 0.6 is 11.3 Å². The predicted molar refractivity (Wildman–Crippen MR) is 108 cm³/mol. The predicted octanol–water partition coefficient (Wildman–Crippen LogP) is 1.95. The van der Waals surface area contributed by atoms with Gasteiger partial charge in [0.25, 0.3) is 5.91 Å². The first-order valence-corrected chi connectivity index (χ1v) is 9.16. The average Bonchev–Trinajstić information content (AvgIpc) is 3.18. The number of hydrogen-bond donors (Lipinski definition) is 2. The van der Waals surface area contributed by atoms with Crippen LogP contribution in [0.15, 0.2) is 46.6 Å². The van der Waals surface area contributed by atoms with Gasteiger partial charge in [0, 0.05) is 5.56 Å². The van der Waals surface area contributed by atoms with Gasteiger partial charge in [-0.15, -0.1) is 10.2 Å². The summed E-state index contributed by atoms with van der Waals surface area (Å²) in [5, 5.41) is 15.9. The van der Waals surface area contributed by atoms with E-state index in [0.717, 1.165) is 10.6 Å². The van der Waals surface area contributed by atoms with Gasteiger partial charge in [0.05, 0.1) is 24.7 Å². The summed E-state index contributed by atoms with van der Waals surface area (Å²) in [6.07, 6.45) is 2.86. The topological polar surface area (TPSA) is 131 Å². The first kappa shape index (κ1) is 19.2. The summed E-state index contributed by atoms with van der Waals surface area (Å²) in [5.41, 5.74) is 2.19. The lowest BCUT2D eigenvalue weighted by Crippen LogP contribution is -2.32. The number of aromatic nitrogens is 4. The highest BCUT2D eigenvalue weighted by atomic mass is 32.1. The molecule has 1 amide bonds. The Bertz CT molecular complexity index is 1030. The van der Waals surface area contributed by atoms with Crippen molar-refractivity contribution in [3.05, 3.63) is 53.1 Å². The molecule has 142 valence electrons. The Kier molecular flexibility index (Phi) is 6.12. The van der Waals surface area contributed by atoms with Crippen molar-refractivity contribution in [2.24, 2.45) is 15.9 Å². The number of nitrogens with zero attached hydrogens (tertiary/aromatic N) is 6. The maximum absolute atomic E-state index is 12.3. The quantitative estimate of drug-likeness (QED) is 0.373. The Morgan fingerprint density at radius 3 is 2.75 bits per heavy atom. The number of hydrogen-bond acceptors (Lipinski definition) is 9. The first-order valence-electron chi connectivity index (χ1n) is 8.35. The van der Waals surface area contributed by atoms with Crippen LogP contribution in [0.2, 0.25) is 0 Å². The molecule has 0 aliphatic heterocycles. The molecule has 28 heavy (non-hydrogen) atoms. The Balaban J connectivity index is 1.62. The molecule has 0 fully saturated rings. The second kappa shape index (κ2) is 8.91. The van der Waals surface area contributed by atoms with Gasteiger partial charge < -0.3 is 11.2 Å². The molecule has 0 saturated carbocycles. The van der Waals surface area contributed by atoms with E-state index in [0.29, 0.717) is 22.2 Å². The van der Waals surface area contributed by atoms with Crippen LogP contribution in [0.1, 0.15) is 16.5 Å². The number of aryl methyl sites for hydroxylation is 2. The summed E-state index contributed by atoms with van der Waals surface area (Å²) in [4.78, 5) is 24.8. The molecule has 2 heterocycles. The number of rotatable bonds is 6. The molecule has 0 spiro atoms. The summed E-state index contributed by atoms with van der Waals surface area (Å²) in [6, 6.07) is 9.71. The third kappa shape index (κ3) is 4.80. The van der Waals surface area contributed by atoms with Gasteiger partial charge in [-0.05, 0) is 13.8 Å². The van der Waals surface area contributed by atoms with Crippen molar-refractivity contribution < 1.29 is 4.79 Å². The molecule has 2 aromatic heterocycles. The highest BCUT2D eigenvalue weighted by Gasteiger charge is 2.12. The number of amides is 1. The van der Waals surface area contributed by atoms with Gasteiger partial charge in [-0.25, -0.2) is 9.97 Å². The summed E-state index contributed by atoms with van der Waals surface area (Å²) in [7, 11) is 0. The molecule has 0 radical (unpaired) electrons. The van der Waals surface area contributed by atoms with E-state index in [2.05, 4.69) is 35.6 Å². The number of nitrogens with one attached hydrogen (secondary N) is 1. The minimum atomic E-state index is -0.464. The van der Waals surface area contributed by atoms with Crippen LogP contribution in [0.25, 0.3) is 10.6 Å². The van der Waals surface area contributed by atoms with Crippen LogP contribution < -0.4 is 11.2 Å². The van der Waals surface area contributed by atoms with Crippen molar-refractivity contribution in [1.82, 2.24) is 25.5 Å². The van der Waals surface area contributed by atoms with E-state index in [9.17, 15) is 4.79 Å². The lowest BCUT2D eigenvalue weighted by atomic mass is 10.2. The fourth-order valence-electron chi connectivity index (χ4n) is 2.25. The minimum Gasteiger partial charge on any atom is -0.344 e. The van der Waals surface area contributed by atoms with Crippen LogP contribution in [-0.4, -0.2) is 38.0 Å². The van der Waals surface area contributed by atoms with Gasteiger partial charge in [0.15, 0.2) is 5.71 Å². The van der Waals surface area contributed by atoms with Crippen LogP contribution in [0.3, 0.4) is 0 Å². The SMILES string of the molecule is Cc1ncc(N=C/C(=N\N)C(=O)NCc2nnc(-c3ccccc3)s2)c(C)n1. The van der Waals surface area contributed by atoms with Gasteiger partial charge in [-0.3, -0.25) is 9.79 Å². The zero-order chi connectivity index (χ0) is 19.9. The number of carbonyl (C=O) groups excluding carboxylic acids is 1. The third-order valence-corrected chi connectivity index (χ3v) is 4.63. The highest BCUT2D eigenvalue weighted by molar-refractivity contribution is 7.14. The Morgan fingerprint density at radius 1 is 1.25 bits per heavy atom. The third-order valence-electron chi connectivity index (χ3n) is 3.66. The van der Waals surface area contributed by atoms with Gasteiger partial charge in [0.1, 0.15) is 21.5 Å². The van der Waals surface area contributed by atoms with Gasteiger partial charge in [-0.2, -0.15) is 5.10 Å². The molecule has 0 atom stereocenters. The molecule has 1 aromatic carbocycles. The van der Waals surface area contributed by atoms with E-state index in [1.54, 1.807) is 20.0 Å². The lowest BCUT2D eigenvalue weighted by molar-refractivity contribution is -0.114. The molecule has 9 nitrogen and oxygen atoms in total. The summed E-state index contributed by atoms with van der Waals surface area (Å²) in [5.74, 6) is 5.51. The van der Waals surface area contributed by atoms with Crippen LogP contribution in [0.5, 0.6) is 0 Å². The lowest BCUT2D eigenvalue weighted by Gasteiger charge is -2.02. The zero-order valence-corrected chi connectivity index (χ0v) is 16.1. The van der Waals surface area contributed by atoms with Crippen LogP contribution in [0, 0.1) is 13.8 Å². The van der Waals surface area contributed by atoms with Crippen molar-refractivity contribution in [1.29, 1.82) is 0 Å². The smallest absolute Gasteiger partial charge is 0.273 e. The van der Waals surface area contributed by atoms with Crippen LogP contribution in [0.4, 0.5) is 5.69 Å². The zero-order valence-electron chi connectivity index (χ0n) is 15.3. The number of hydrazone groups is 1. The molecule has 0 bridgehead atoms. The Labute approximate surface area is 165 Å². The summed E-state index contributed by atoms with van der Waals surface area (Å²) in [6.45, 7) is 3.81. The number of nitrogens with two attached hydrogens (primary N) is 1. The van der Waals surface area contributed by atoms with E-state index in [1.165, 1.54) is 17.6 Å². The Hall–Kier alpha value is -3.53. The van der Waals surface area contributed by atoms with Crippen LogP contribution in [-0.2, 0) is 11.3 Å². The molecular formula is C18H18N8OS. The largest absolute Gasteiger partial charge is 0.344 e. The second-order valence-corrected chi connectivity index (χ2v) is 6.77. The molecule has 0 aliphatic rings. The Morgan fingerprint density at radius 2 is 2.04 bits per heavy atom. The normalized spacial score (nSPS) is 11.7. The molecule has 0 saturated heterocycles. The van der Waals surface area contributed by atoms with E-state index in [1.807, 2.05) is 30.3 Å². The second-order valence-electron chi connectivity index (χ2n) is 5.71. The monoisotopic (exact) mass is 394 g/mol. The minimum absolute atomic E-state index is 0.0206. The van der Waals surface area contributed by atoms with E-state index in [4.69, 9.17) is 5.84 Å². The number of aliphatic imine (C=N–C) groups is 1. The number of benzene rings is 1. The van der Waals surface area contributed by atoms with Crippen molar-refractivity contribution >= 4 is 34.9 Å². The fourth-order valence-corrected chi connectivity index (χ4v) is 3.04. The van der Waals surface area contributed by atoms with E-state index >= 15 is 0 Å². The maximum Gasteiger partial charge on any atom is 0.273 e. The molecule has 3 rings (SSSR count). The highest BCUT2D eigenvalue weighted by Crippen LogP contribution is 2.22. The van der Waals surface area contributed by atoms with Crippen molar-refractivity contribution in [2.75, 3.05) is 0 Å².